The zero-order valence-electron chi connectivity index (χ0n) is 3.16. The van der Waals surface area contributed by atoms with Crippen LogP contribution >= 0.6 is 47.8 Å². The fourth-order valence-electron chi connectivity index (χ4n) is 0. The summed E-state index contributed by atoms with van der Waals surface area (Å²) in [5.41, 5.74) is 0. The van der Waals surface area contributed by atoms with Crippen molar-refractivity contribution in [3.05, 3.63) is 0 Å². The van der Waals surface area contributed by atoms with Crippen molar-refractivity contribution < 1.29 is 35.0 Å². The monoisotopic (exact) mass is 290 g/mol. The van der Waals surface area contributed by atoms with E-state index in [2.05, 4.69) is 47.8 Å². The Hall–Kier alpha value is 2.40. The minimum atomic E-state index is 0. The molecule has 0 bridgehead atoms. The first-order valence-corrected chi connectivity index (χ1v) is 3.40. The predicted octanol–water partition coefficient (Wildman–Crippen LogP) is -0.718. The molecule has 6 heavy (non-hydrogen) atoms. The average Bonchev–Trinajstić information content (AvgIpc) is 0.811. The van der Waals surface area contributed by atoms with E-state index in [1.54, 1.807) is 0 Å². The van der Waals surface area contributed by atoms with Gasteiger partial charge in [-0.05, 0) is 0 Å². The van der Waals surface area contributed by atoms with E-state index in [-0.39, 0.29) is 37.7 Å². The van der Waals surface area contributed by atoms with Crippen LogP contribution < -0.4 is 29.6 Å². The summed E-state index contributed by atoms with van der Waals surface area (Å²) in [6, 6.07) is 0. The van der Waals surface area contributed by atoms with Crippen molar-refractivity contribution in [1.29, 1.82) is 0 Å². The summed E-state index contributed by atoms with van der Waals surface area (Å²) in [4.78, 5) is 0. The van der Waals surface area contributed by atoms with Crippen LogP contribution in [0.3, 0.4) is 0 Å². The van der Waals surface area contributed by atoms with E-state index >= 15 is 0 Å². The Balaban J connectivity index is -0.0000000450. The Morgan fingerprint density at radius 3 is 1.00 bits per heavy atom. The molecule has 0 aliphatic heterocycles. The van der Waals surface area contributed by atoms with Gasteiger partial charge in [0.15, 0.2) is 0 Å². The van der Waals surface area contributed by atoms with E-state index in [0.717, 1.165) is 0 Å². The Bertz CT molecular complexity index is 15.5. The third kappa shape index (κ3) is 32.4. The summed E-state index contributed by atoms with van der Waals surface area (Å²) in [5.74, 6) is 0. The summed E-state index contributed by atoms with van der Waals surface area (Å²) in [5, 5.41) is 0. The Morgan fingerprint density at radius 2 is 1.00 bits per heavy atom. The van der Waals surface area contributed by atoms with Crippen molar-refractivity contribution in [2.75, 3.05) is 0 Å². The molecule has 0 amide bonds. The van der Waals surface area contributed by atoms with Crippen LogP contribution in [0.25, 0.3) is 0 Å². The van der Waals surface area contributed by atoms with E-state index in [9.17, 15) is 0 Å². The molecule has 1 nitrogen and oxygen atoms in total. The first-order chi connectivity index (χ1) is 1.73. The van der Waals surface area contributed by atoms with Gasteiger partial charge in [0, 0.05) is 0 Å². The average molecular weight is 293 g/mol. The number of halogens is 3. The molecule has 1 N–H and O–H groups in total. The molecule has 0 radical (unpaired) electrons. The molecule has 0 atom stereocenters. The molecule has 0 unspecified atom stereocenters. The Morgan fingerprint density at radius 1 is 1.00 bits per heavy atom. The minimum Gasteiger partial charge on any atom is -0.870 e. The van der Waals surface area contributed by atoms with Gasteiger partial charge < -0.3 is 5.48 Å². The summed E-state index contributed by atoms with van der Waals surface area (Å²) in [7, 11) is 0. The summed E-state index contributed by atoms with van der Waals surface area (Å²) < 4.78 is 0.271. The zero-order chi connectivity index (χ0) is 3.58. The minimum absolute atomic E-state index is 0. The van der Waals surface area contributed by atoms with Crippen LogP contribution in [-0.2, 0) is 0 Å². The number of rotatable bonds is 0. The van der Waals surface area contributed by atoms with E-state index in [4.69, 9.17) is 0 Å². The molecular weight excluding hydrogens is 291 g/mol. The van der Waals surface area contributed by atoms with Crippen molar-refractivity contribution in [1.82, 2.24) is 0 Å². The van der Waals surface area contributed by atoms with Crippen LogP contribution in [0.1, 0.15) is 0 Å². The van der Waals surface area contributed by atoms with Gasteiger partial charge in [0.2, 0.25) is 0 Å². The quantitative estimate of drug-likeness (QED) is 0.428. The second-order valence-corrected chi connectivity index (χ2v) is 6.68. The van der Waals surface area contributed by atoms with Crippen molar-refractivity contribution in [3.8, 4) is 0 Å². The van der Waals surface area contributed by atoms with Crippen molar-refractivity contribution in [2.24, 2.45) is 0 Å². The third-order valence-electron chi connectivity index (χ3n) is 0. The normalized spacial score (nSPS) is 6.00. The third-order valence-corrected chi connectivity index (χ3v) is 0. The molecule has 0 rings (SSSR count). The summed E-state index contributed by atoms with van der Waals surface area (Å²) in [6.45, 7) is 0. The van der Waals surface area contributed by atoms with Crippen LogP contribution in [0, 0.1) is 0 Å². The van der Waals surface area contributed by atoms with Gasteiger partial charge in [0.1, 0.15) is 2.65 Å². The Labute approximate surface area is 84.2 Å². The maximum atomic E-state index is 3.10. The summed E-state index contributed by atoms with van der Waals surface area (Å²) >= 11 is 9.31. The van der Waals surface area contributed by atoms with Crippen LogP contribution in [0.2, 0.25) is 0 Å². The van der Waals surface area contributed by atoms with Crippen molar-refractivity contribution in [2.45, 2.75) is 2.65 Å². The van der Waals surface area contributed by atoms with Gasteiger partial charge >= 0.3 is 29.6 Å². The smallest absolute Gasteiger partial charge is 0.870 e. The van der Waals surface area contributed by atoms with Gasteiger partial charge in [-0.1, -0.05) is 47.8 Å². The predicted molar refractivity (Wildman–Crippen MR) is 32.5 cm³/mol. The molecule has 34 valence electrons. The maximum absolute atomic E-state index is 3.10. The number of hydrogen-bond acceptors (Lipinski definition) is 1. The fraction of sp³-hybridized carbons (Fsp3) is 1.00. The van der Waals surface area contributed by atoms with E-state index in [1.807, 2.05) is 0 Å². The topological polar surface area (TPSA) is 30.0 Å². The Kier molecular flexibility index (Phi) is 27.3. The van der Waals surface area contributed by atoms with Gasteiger partial charge in [-0.3, -0.25) is 0 Å². The fourth-order valence-corrected chi connectivity index (χ4v) is 0. The molecule has 0 aliphatic rings. The van der Waals surface area contributed by atoms with Crippen LogP contribution in [0.5, 0.6) is 0 Å². The van der Waals surface area contributed by atoms with Gasteiger partial charge in [-0.2, -0.15) is 0 Å². The maximum Gasteiger partial charge on any atom is 1.00 e. The van der Waals surface area contributed by atoms with Gasteiger partial charge in [0.25, 0.3) is 0 Å². The number of hydrogen-bond donors (Lipinski definition) is 0. The molecule has 0 spiro atoms. The molecule has 0 saturated carbocycles. The van der Waals surface area contributed by atoms with E-state index < -0.39 is 0 Å². The molecular formula is CH2Br3NaO. The first-order valence-electron chi connectivity index (χ1n) is 0.655. The van der Waals surface area contributed by atoms with Crippen molar-refractivity contribution >= 4 is 47.8 Å². The van der Waals surface area contributed by atoms with E-state index in [1.165, 1.54) is 0 Å². The molecule has 0 aliphatic carbocycles. The van der Waals surface area contributed by atoms with E-state index in [0.29, 0.717) is 0 Å². The van der Waals surface area contributed by atoms with Gasteiger partial charge in [-0.25, -0.2) is 0 Å². The molecule has 0 aromatic heterocycles. The molecule has 5 heteroatoms. The standard InChI is InChI=1S/CHBr3.Na.H2O/c2-1(3)4;;/h1H;;1H2/q;+1;/p-1. The van der Waals surface area contributed by atoms with Gasteiger partial charge in [0.05, 0.1) is 0 Å². The molecule has 0 aromatic rings. The second-order valence-electron chi connectivity index (χ2n) is 0.247. The first kappa shape index (κ1) is 15.8. The largest absolute Gasteiger partial charge is 1.00 e. The number of alkyl halides is 3. The summed E-state index contributed by atoms with van der Waals surface area (Å²) in [6.07, 6.45) is 0. The zero-order valence-corrected chi connectivity index (χ0v) is 9.92. The van der Waals surface area contributed by atoms with Crippen LogP contribution in [0.4, 0.5) is 0 Å². The van der Waals surface area contributed by atoms with Crippen LogP contribution in [-0.4, -0.2) is 8.12 Å². The van der Waals surface area contributed by atoms with Gasteiger partial charge in [-0.15, -0.1) is 0 Å². The molecule has 0 aromatic carbocycles. The second kappa shape index (κ2) is 10.4. The SMILES string of the molecule is BrC(Br)Br.[Na+].[OH-]. The van der Waals surface area contributed by atoms with Crippen molar-refractivity contribution in [3.63, 3.8) is 0 Å². The molecule has 0 heterocycles. The van der Waals surface area contributed by atoms with Crippen LogP contribution in [0.15, 0.2) is 0 Å². The molecule has 0 fully saturated rings. The molecule has 0 saturated heterocycles.